The highest BCUT2D eigenvalue weighted by molar-refractivity contribution is 7.16. The number of piperidine rings is 1. The zero-order valence-electron chi connectivity index (χ0n) is 13.3. The first-order valence-corrected chi connectivity index (χ1v) is 9.30. The van der Waals surface area contributed by atoms with E-state index in [1.807, 2.05) is 0 Å². The van der Waals surface area contributed by atoms with E-state index in [9.17, 15) is 0 Å². The van der Waals surface area contributed by atoms with Gasteiger partial charge in [0.15, 0.2) is 0 Å². The van der Waals surface area contributed by atoms with E-state index in [1.54, 1.807) is 17.7 Å². The molecule has 0 saturated carbocycles. The average Bonchev–Trinajstić information content (AvgIpc) is 3.28. The Bertz CT molecular complexity index is 970. The summed E-state index contributed by atoms with van der Waals surface area (Å²) >= 11 is 1.68. The van der Waals surface area contributed by atoms with Gasteiger partial charge in [0.05, 0.1) is 11.4 Å². The summed E-state index contributed by atoms with van der Waals surface area (Å²) in [6.45, 7) is 1.04. The van der Waals surface area contributed by atoms with Crippen LogP contribution in [0.15, 0.2) is 48.1 Å². The van der Waals surface area contributed by atoms with Crippen molar-refractivity contribution in [1.29, 1.82) is 0 Å². The first-order chi connectivity index (χ1) is 11.9. The van der Waals surface area contributed by atoms with E-state index >= 15 is 0 Å². The Labute approximate surface area is 144 Å². The third kappa shape index (κ3) is 2.19. The van der Waals surface area contributed by atoms with Gasteiger partial charge in [0.1, 0.15) is 17.0 Å². The highest BCUT2D eigenvalue weighted by Crippen LogP contribution is 2.38. The molecule has 24 heavy (non-hydrogen) atoms. The van der Waals surface area contributed by atoms with Crippen LogP contribution in [-0.4, -0.2) is 21.5 Å². The Hall–Kier alpha value is -2.40. The van der Waals surface area contributed by atoms with Crippen LogP contribution in [-0.2, 0) is 0 Å². The van der Waals surface area contributed by atoms with Crippen molar-refractivity contribution in [3.05, 3.63) is 53.8 Å². The van der Waals surface area contributed by atoms with Crippen LogP contribution in [0.5, 0.6) is 0 Å². The minimum absolute atomic E-state index is 0.351. The Kier molecular flexibility index (Phi) is 3.26. The first-order valence-electron chi connectivity index (χ1n) is 8.43. The van der Waals surface area contributed by atoms with Crippen molar-refractivity contribution in [2.45, 2.75) is 25.3 Å². The maximum absolute atomic E-state index is 4.64. The van der Waals surface area contributed by atoms with Gasteiger partial charge in [0.25, 0.3) is 0 Å². The zero-order valence-corrected chi connectivity index (χ0v) is 14.1. The lowest BCUT2D eigenvalue weighted by Crippen LogP contribution is -2.34. The minimum atomic E-state index is 0.351. The van der Waals surface area contributed by atoms with Crippen LogP contribution in [0.3, 0.4) is 0 Å². The van der Waals surface area contributed by atoms with Crippen LogP contribution in [0.4, 0.5) is 5.82 Å². The Morgan fingerprint density at radius 1 is 1.12 bits per heavy atom. The van der Waals surface area contributed by atoms with E-state index in [2.05, 4.69) is 61.6 Å². The number of nitrogens with one attached hydrogen (secondary N) is 1. The molecule has 5 heteroatoms. The van der Waals surface area contributed by atoms with Crippen molar-refractivity contribution in [1.82, 2.24) is 15.0 Å². The van der Waals surface area contributed by atoms with Crippen molar-refractivity contribution in [3.63, 3.8) is 0 Å². The lowest BCUT2D eigenvalue weighted by Gasteiger charge is -2.36. The molecular weight excluding hydrogens is 316 g/mol. The van der Waals surface area contributed by atoms with Crippen LogP contribution in [0.2, 0.25) is 0 Å². The van der Waals surface area contributed by atoms with E-state index in [-0.39, 0.29) is 0 Å². The van der Waals surface area contributed by atoms with E-state index in [4.69, 9.17) is 0 Å². The molecule has 3 aromatic heterocycles. The van der Waals surface area contributed by atoms with Crippen molar-refractivity contribution in [3.8, 4) is 0 Å². The highest BCUT2D eigenvalue weighted by atomic mass is 32.1. The van der Waals surface area contributed by atoms with Crippen molar-refractivity contribution >= 4 is 38.3 Å². The second kappa shape index (κ2) is 5.60. The minimum Gasteiger partial charge on any atom is -0.357 e. The number of H-pyrrole nitrogens is 1. The molecule has 1 saturated heterocycles. The number of rotatable bonds is 2. The number of nitrogens with zero attached hydrogens (tertiary/aromatic N) is 3. The summed E-state index contributed by atoms with van der Waals surface area (Å²) in [6, 6.07) is 13.3. The van der Waals surface area contributed by atoms with Crippen LogP contribution < -0.4 is 4.90 Å². The van der Waals surface area contributed by atoms with Gasteiger partial charge in [-0.1, -0.05) is 18.2 Å². The van der Waals surface area contributed by atoms with Crippen molar-refractivity contribution in [2.24, 2.45) is 0 Å². The summed E-state index contributed by atoms with van der Waals surface area (Å²) in [5.41, 5.74) is 2.50. The molecule has 0 bridgehead atoms. The van der Waals surface area contributed by atoms with E-state index < -0.39 is 0 Å². The maximum Gasteiger partial charge on any atom is 0.141 e. The lowest BCUT2D eigenvalue weighted by atomic mass is 9.99. The molecule has 120 valence electrons. The summed E-state index contributed by atoms with van der Waals surface area (Å²) < 4.78 is 0. The van der Waals surface area contributed by atoms with Crippen LogP contribution in [0, 0.1) is 0 Å². The van der Waals surface area contributed by atoms with Gasteiger partial charge >= 0.3 is 0 Å². The van der Waals surface area contributed by atoms with E-state index in [1.165, 1.54) is 34.8 Å². The van der Waals surface area contributed by atoms with Gasteiger partial charge in [-0.25, -0.2) is 9.97 Å². The predicted octanol–water partition coefficient (Wildman–Crippen LogP) is 4.90. The van der Waals surface area contributed by atoms with Gasteiger partial charge in [-0.2, -0.15) is 0 Å². The lowest BCUT2D eigenvalue weighted by molar-refractivity contribution is 0.465. The third-order valence-electron chi connectivity index (χ3n) is 4.93. The first kappa shape index (κ1) is 14.0. The fourth-order valence-electron chi connectivity index (χ4n) is 3.79. The second-order valence-corrected chi connectivity index (χ2v) is 7.25. The van der Waals surface area contributed by atoms with Crippen LogP contribution in [0.1, 0.15) is 31.0 Å². The summed E-state index contributed by atoms with van der Waals surface area (Å²) in [5, 5.41) is 4.55. The Morgan fingerprint density at radius 3 is 3.04 bits per heavy atom. The highest BCUT2D eigenvalue weighted by Gasteiger charge is 2.27. The number of aromatic nitrogens is 3. The molecule has 1 atom stereocenters. The quantitative estimate of drug-likeness (QED) is 0.567. The molecule has 4 aromatic rings. The molecule has 1 fully saturated rings. The van der Waals surface area contributed by atoms with Gasteiger partial charge in [-0.15, -0.1) is 11.3 Å². The molecule has 1 aromatic carbocycles. The molecule has 1 aliphatic rings. The van der Waals surface area contributed by atoms with Gasteiger partial charge < -0.3 is 9.88 Å². The SMILES string of the molecule is c1ccc2[nH]c([C@H]3CCCCN3c3ncnc4sccc34)cc2c1. The molecular formula is C19H18N4S. The van der Waals surface area contributed by atoms with Gasteiger partial charge in [0, 0.05) is 17.8 Å². The molecule has 0 spiro atoms. The normalized spacial score (nSPS) is 18.5. The summed E-state index contributed by atoms with van der Waals surface area (Å²) in [4.78, 5) is 16.2. The molecule has 5 rings (SSSR count). The fourth-order valence-corrected chi connectivity index (χ4v) is 4.52. The number of aromatic amines is 1. The van der Waals surface area contributed by atoms with E-state index in [0.717, 1.165) is 23.6 Å². The summed E-state index contributed by atoms with van der Waals surface area (Å²) in [7, 11) is 0. The third-order valence-corrected chi connectivity index (χ3v) is 5.75. The van der Waals surface area contributed by atoms with Gasteiger partial charge in [-0.05, 0) is 48.2 Å². The molecule has 0 unspecified atom stereocenters. The molecule has 0 radical (unpaired) electrons. The van der Waals surface area contributed by atoms with E-state index in [0.29, 0.717) is 6.04 Å². The monoisotopic (exact) mass is 334 g/mol. The number of hydrogen-bond donors (Lipinski definition) is 1. The number of para-hydroxylation sites is 1. The maximum atomic E-state index is 4.64. The van der Waals surface area contributed by atoms with Crippen LogP contribution >= 0.6 is 11.3 Å². The standard InChI is InChI=1S/C19H18N4S/c1-2-6-15-13(5-1)11-16(22-15)17-7-3-4-9-23(17)18-14-8-10-24-19(14)21-12-20-18/h1-2,5-6,8,10-12,17,22H,3-4,7,9H2/t17-/m1/s1. The average molecular weight is 334 g/mol. The molecule has 4 heterocycles. The molecule has 0 aliphatic carbocycles. The molecule has 4 nitrogen and oxygen atoms in total. The Morgan fingerprint density at radius 2 is 2.08 bits per heavy atom. The van der Waals surface area contributed by atoms with Gasteiger partial charge in [0.2, 0.25) is 0 Å². The van der Waals surface area contributed by atoms with Crippen molar-refractivity contribution in [2.75, 3.05) is 11.4 Å². The number of thiophene rings is 1. The number of benzene rings is 1. The topological polar surface area (TPSA) is 44.8 Å². The summed E-state index contributed by atoms with van der Waals surface area (Å²) in [6.07, 6.45) is 5.33. The zero-order chi connectivity index (χ0) is 15.9. The van der Waals surface area contributed by atoms with Crippen LogP contribution in [0.25, 0.3) is 21.1 Å². The smallest absolute Gasteiger partial charge is 0.141 e. The number of fused-ring (bicyclic) bond motifs is 2. The second-order valence-electron chi connectivity index (χ2n) is 6.35. The molecule has 0 amide bonds. The fraction of sp³-hybridized carbons (Fsp3) is 0.263. The predicted molar refractivity (Wildman–Crippen MR) is 99.7 cm³/mol. The number of anilines is 1. The van der Waals surface area contributed by atoms with Gasteiger partial charge in [-0.3, -0.25) is 0 Å². The van der Waals surface area contributed by atoms with Crippen molar-refractivity contribution < 1.29 is 0 Å². The molecule has 1 aliphatic heterocycles. The number of hydrogen-bond acceptors (Lipinski definition) is 4. The molecule has 1 N–H and O–H groups in total. The summed E-state index contributed by atoms with van der Waals surface area (Å²) in [5.74, 6) is 1.07. The largest absolute Gasteiger partial charge is 0.357 e. The Balaban J connectivity index is 1.62.